The molecule has 202 valence electrons. The van der Waals surface area contributed by atoms with Crippen molar-refractivity contribution in [1.29, 1.82) is 0 Å². The summed E-state index contributed by atoms with van der Waals surface area (Å²) in [6.45, 7) is 7.18. The van der Waals surface area contributed by atoms with Gasteiger partial charge in [0.15, 0.2) is 0 Å². The molecule has 1 fully saturated rings. The van der Waals surface area contributed by atoms with E-state index < -0.39 is 0 Å². The number of piperazine rings is 1. The SMILES string of the molecule is COc1cccc(CN2CCN(CCCCOc3ccc4c5c(c(=O)oc4c3)CCCC5)CC2)c1.Cl.Cl. The number of fused-ring (bicyclic) bond motifs is 3. The van der Waals surface area contributed by atoms with Gasteiger partial charge in [-0.25, -0.2) is 4.79 Å². The van der Waals surface area contributed by atoms with E-state index in [1.807, 2.05) is 18.2 Å². The third-order valence-corrected chi connectivity index (χ3v) is 7.34. The molecule has 0 N–H and O–H groups in total. The summed E-state index contributed by atoms with van der Waals surface area (Å²) in [5, 5.41) is 1.07. The van der Waals surface area contributed by atoms with E-state index in [1.165, 1.54) is 11.1 Å². The fourth-order valence-electron chi connectivity index (χ4n) is 5.34. The lowest BCUT2D eigenvalue weighted by molar-refractivity contribution is 0.124. The van der Waals surface area contributed by atoms with E-state index in [2.05, 4.69) is 34.1 Å². The van der Waals surface area contributed by atoms with E-state index in [0.717, 1.165) is 100 Å². The number of rotatable bonds is 9. The molecule has 0 spiro atoms. The molecule has 1 aromatic heterocycles. The Balaban J connectivity index is 0.00000190. The molecule has 37 heavy (non-hydrogen) atoms. The molecule has 2 aromatic carbocycles. The zero-order chi connectivity index (χ0) is 24.0. The molecule has 0 bridgehead atoms. The highest BCUT2D eigenvalue weighted by Crippen LogP contribution is 2.29. The molecule has 8 heteroatoms. The van der Waals surface area contributed by atoms with Crippen molar-refractivity contribution in [3.63, 3.8) is 0 Å². The summed E-state index contributed by atoms with van der Waals surface area (Å²) in [7, 11) is 1.72. The summed E-state index contributed by atoms with van der Waals surface area (Å²) in [6, 6.07) is 14.3. The Morgan fingerprint density at radius 2 is 1.62 bits per heavy atom. The molecule has 5 rings (SSSR count). The lowest BCUT2D eigenvalue weighted by Crippen LogP contribution is -2.46. The van der Waals surface area contributed by atoms with E-state index in [4.69, 9.17) is 13.9 Å². The van der Waals surface area contributed by atoms with Crippen molar-refractivity contribution in [3.05, 3.63) is 69.6 Å². The largest absolute Gasteiger partial charge is 0.497 e. The van der Waals surface area contributed by atoms with Gasteiger partial charge in [0.25, 0.3) is 0 Å². The summed E-state index contributed by atoms with van der Waals surface area (Å²) in [5.41, 5.74) is 3.84. The summed E-state index contributed by atoms with van der Waals surface area (Å²) in [4.78, 5) is 17.4. The van der Waals surface area contributed by atoms with Crippen molar-refractivity contribution in [1.82, 2.24) is 9.80 Å². The predicted octanol–water partition coefficient (Wildman–Crippen LogP) is 5.50. The quantitative estimate of drug-likeness (QED) is 0.260. The predicted molar refractivity (Wildman–Crippen MR) is 153 cm³/mol. The second-order valence-electron chi connectivity index (χ2n) is 9.74. The smallest absolute Gasteiger partial charge is 0.339 e. The summed E-state index contributed by atoms with van der Waals surface area (Å²) in [6.07, 6.45) is 6.14. The van der Waals surface area contributed by atoms with Crippen LogP contribution in [0.4, 0.5) is 0 Å². The normalized spacial score (nSPS) is 15.9. The number of hydrogen-bond acceptors (Lipinski definition) is 6. The molecule has 0 atom stereocenters. The van der Waals surface area contributed by atoms with Crippen molar-refractivity contribution < 1.29 is 13.9 Å². The van der Waals surface area contributed by atoms with Crippen LogP contribution in [0.2, 0.25) is 0 Å². The highest BCUT2D eigenvalue weighted by atomic mass is 35.5. The minimum Gasteiger partial charge on any atom is -0.497 e. The van der Waals surface area contributed by atoms with Gasteiger partial charge in [0.1, 0.15) is 17.1 Å². The standard InChI is InChI=1S/C29H36N2O4.2ClH/c1-33-23-8-6-7-22(19-23)21-31-16-14-30(15-17-31)13-4-5-18-34-24-11-12-26-25-9-2-3-10-27(25)29(32)35-28(26)20-24;;/h6-8,11-12,19-20H,2-5,9-10,13-18,21H2,1H3;2*1H. The van der Waals surface area contributed by atoms with Crippen molar-refractivity contribution >= 4 is 35.8 Å². The minimum atomic E-state index is -0.173. The van der Waals surface area contributed by atoms with Gasteiger partial charge in [-0.2, -0.15) is 0 Å². The molecule has 1 aliphatic heterocycles. The highest BCUT2D eigenvalue weighted by Gasteiger charge is 2.19. The zero-order valence-corrected chi connectivity index (χ0v) is 23.2. The number of methoxy groups -OCH3 is 1. The van der Waals surface area contributed by atoms with Gasteiger partial charge in [0, 0.05) is 49.7 Å². The van der Waals surface area contributed by atoms with E-state index in [0.29, 0.717) is 12.2 Å². The van der Waals surface area contributed by atoms with Gasteiger partial charge in [0.05, 0.1) is 13.7 Å². The van der Waals surface area contributed by atoms with Crippen LogP contribution in [0.25, 0.3) is 11.0 Å². The number of hydrogen-bond donors (Lipinski definition) is 0. The monoisotopic (exact) mass is 548 g/mol. The molecule has 6 nitrogen and oxygen atoms in total. The number of aryl methyl sites for hydroxylation is 1. The molecule has 3 aromatic rings. The first-order valence-corrected chi connectivity index (χ1v) is 13.0. The van der Waals surface area contributed by atoms with Crippen LogP contribution in [0.3, 0.4) is 0 Å². The average Bonchev–Trinajstić information content (AvgIpc) is 2.89. The number of nitrogens with zero attached hydrogens (tertiary/aromatic N) is 2. The lowest BCUT2D eigenvalue weighted by Gasteiger charge is -2.34. The maximum Gasteiger partial charge on any atom is 0.339 e. The van der Waals surface area contributed by atoms with Crippen LogP contribution in [0.1, 0.15) is 42.4 Å². The van der Waals surface area contributed by atoms with Crippen LogP contribution >= 0.6 is 24.8 Å². The number of ether oxygens (including phenoxy) is 2. The van der Waals surface area contributed by atoms with Gasteiger partial charge < -0.3 is 18.8 Å². The van der Waals surface area contributed by atoms with E-state index in [9.17, 15) is 4.79 Å². The third-order valence-electron chi connectivity index (χ3n) is 7.34. The molecular formula is C29H38Cl2N2O4. The van der Waals surface area contributed by atoms with Gasteiger partial charge >= 0.3 is 5.63 Å². The maximum atomic E-state index is 12.4. The highest BCUT2D eigenvalue weighted by molar-refractivity contribution is 5.85. The minimum absolute atomic E-state index is 0. The van der Waals surface area contributed by atoms with Gasteiger partial charge in [-0.15, -0.1) is 24.8 Å². The van der Waals surface area contributed by atoms with Gasteiger partial charge in [-0.3, -0.25) is 4.90 Å². The van der Waals surface area contributed by atoms with Crippen molar-refractivity contribution in [3.8, 4) is 11.5 Å². The fraction of sp³-hybridized carbons (Fsp3) is 0.483. The molecule has 1 saturated heterocycles. The van der Waals surface area contributed by atoms with Crippen molar-refractivity contribution in [2.24, 2.45) is 0 Å². The Hall–Kier alpha value is -2.25. The van der Waals surface area contributed by atoms with Crippen LogP contribution in [-0.2, 0) is 19.4 Å². The van der Waals surface area contributed by atoms with Gasteiger partial charge in [-0.1, -0.05) is 12.1 Å². The Morgan fingerprint density at radius 3 is 2.41 bits per heavy atom. The van der Waals surface area contributed by atoms with Crippen LogP contribution in [-0.4, -0.2) is 56.2 Å². The molecular weight excluding hydrogens is 511 g/mol. The molecule has 2 aliphatic rings. The third kappa shape index (κ3) is 7.41. The molecule has 2 heterocycles. The number of halogens is 2. The second kappa shape index (κ2) is 14.1. The lowest BCUT2D eigenvalue weighted by atomic mass is 9.91. The summed E-state index contributed by atoms with van der Waals surface area (Å²) in [5.74, 6) is 1.71. The Morgan fingerprint density at radius 1 is 0.865 bits per heavy atom. The molecule has 0 radical (unpaired) electrons. The first kappa shape index (κ1) is 29.3. The van der Waals surface area contributed by atoms with Crippen LogP contribution in [0.5, 0.6) is 11.5 Å². The van der Waals surface area contributed by atoms with Gasteiger partial charge in [0.2, 0.25) is 0 Å². The summed E-state index contributed by atoms with van der Waals surface area (Å²) < 4.78 is 16.9. The molecule has 1 aliphatic carbocycles. The fourth-order valence-corrected chi connectivity index (χ4v) is 5.34. The number of benzene rings is 2. The van der Waals surface area contributed by atoms with E-state index in [1.54, 1.807) is 7.11 Å². The Kier molecular flexibility index (Phi) is 11.1. The van der Waals surface area contributed by atoms with E-state index in [-0.39, 0.29) is 30.4 Å². The zero-order valence-electron chi connectivity index (χ0n) is 21.6. The van der Waals surface area contributed by atoms with Crippen LogP contribution in [0.15, 0.2) is 51.7 Å². The molecule has 0 saturated carbocycles. The Labute approximate surface area is 231 Å². The van der Waals surface area contributed by atoms with Crippen LogP contribution < -0.4 is 15.1 Å². The van der Waals surface area contributed by atoms with Crippen LogP contribution in [0, 0.1) is 0 Å². The van der Waals surface area contributed by atoms with Gasteiger partial charge in [-0.05, 0) is 80.5 Å². The van der Waals surface area contributed by atoms with Crippen molar-refractivity contribution in [2.75, 3.05) is 46.4 Å². The second-order valence-corrected chi connectivity index (χ2v) is 9.74. The summed E-state index contributed by atoms with van der Waals surface area (Å²) >= 11 is 0. The average molecular weight is 550 g/mol. The Bertz CT molecular complexity index is 1210. The molecule has 0 amide bonds. The first-order chi connectivity index (χ1) is 17.2. The molecule has 0 unspecified atom stereocenters. The van der Waals surface area contributed by atoms with Crippen molar-refractivity contribution in [2.45, 2.75) is 45.1 Å². The van der Waals surface area contributed by atoms with E-state index >= 15 is 0 Å². The maximum absolute atomic E-state index is 12.4. The number of unbranched alkanes of at least 4 members (excludes halogenated alkanes) is 1. The topological polar surface area (TPSA) is 55.2 Å². The first-order valence-electron chi connectivity index (χ1n) is 13.0.